The molecule has 9 nitrogen and oxygen atoms in total. The summed E-state index contributed by atoms with van der Waals surface area (Å²) >= 11 is 0. The molecule has 1 fully saturated rings. The molecule has 0 saturated heterocycles. The monoisotopic (exact) mass is 366 g/mol. The van der Waals surface area contributed by atoms with Crippen LogP contribution in [0.5, 0.6) is 0 Å². The largest absolute Gasteiger partial charge is 0.346 e. The molecule has 140 valence electrons. The minimum atomic E-state index is -0.180. The van der Waals surface area contributed by atoms with E-state index in [1.165, 1.54) is 19.2 Å². The topological polar surface area (TPSA) is 103 Å². The summed E-state index contributed by atoms with van der Waals surface area (Å²) in [6.07, 6.45) is 8.40. The van der Waals surface area contributed by atoms with Gasteiger partial charge in [-0.2, -0.15) is 0 Å². The van der Waals surface area contributed by atoms with Crippen molar-refractivity contribution in [3.63, 3.8) is 0 Å². The number of rotatable bonds is 6. The van der Waals surface area contributed by atoms with Gasteiger partial charge >= 0.3 is 0 Å². The maximum Gasteiger partial charge on any atom is 0.224 e. The molecule has 1 N–H and O–H groups in total. The van der Waals surface area contributed by atoms with Gasteiger partial charge in [-0.25, -0.2) is 4.68 Å². The highest BCUT2D eigenvalue weighted by atomic mass is 16.1. The first-order valence-corrected chi connectivity index (χ1v) is 9.22. The molecular formula is C18H22N8O. The van der Waals surface area contributed by atoms with E-state index in [-0.39, 0.29) is 11.9 Å². The van der Waals surface area contributed by atoms with Crippen molar-refractivity contribution in [3.8, 4) is 5.69 Å². The van der Waals surface area contributed by atoms with Crippen LogP contribution in [0.4, 0.5) is 0 Å². The van der Waals surface area contributed by atoms with E-state index in [2.05, 4.69) is 35.6 Å². The summed E-state index contributed by atoms with van der Waals surface area (Å²) in [5.74, 6) is 0.780. The normalized spacial score (nSPS) is 15.7. The van der Waals surface area contributed by atoms with Crippen LogP contribution in [0.15, 0.2) is 36.9 Å². The van der Waals surface area contributed by atoms with Crippen LogP contribution in [0.2, 0.25) is 0 Å². The van der Waals surface area contributed by atoms with Gasteiger partial charge in [0, 0.05) is 6.04 Å². The Balaban J connectivity index is 1.37. The summed E-state index contributed by atoms with van der Waals surface area (Å²) in [5, 5.41) is 22.4. The number of amides is 1. The first kappa shape index (κ1) is 17.3. The molecular weight excluding hydrogens is 344 g/mol. The Bertz CT molecular complexity index is 880. The van der Waals surface area contributed by atoms with E-state index in [0.717, 1.165) is 29.9 Å². The average molecular weight is 366 g/mol. The van der Waals surface area contributed by atoms with Gasteiger partial charge in [-0.15, -0.1) is 15.3 Å². The molecule has 2 heterocycles. The van der Waals surface area contributed by atoms with E-state index in [4.69, 9.17) is 0 Å². The van der Waals surface area contributed by atoms with Crippen LogP contribution in [-0.2, 0) is 11.2 Å². The highest BCUT2D eigenvalue weighted by Crippen LogP contribution is 2.31. The standard InChI is InChI=1S/C18H22N8O/c1-13(18-22-19-11-25(18)15-4-2-3-5-15)21-17(27)10-14-6-8-16(9-7-14)26-12-20-23-24-26/h6-9,11-13,15H,2-5,10H2,1H3,(H,21,27). The number of tetrazole rings is 1. The smallest absolute Gasteiger partial charge is 0.224 e. The molecule has 1 aromatic carbocycles. The van der Waals surface area contributed by atoms with Crippen LogP contribution < -0.4 is 5.32 Å². The van der Waals surface area contributed by atoms with Gasteiger partial charge in [0.2, 0.25) is 5.91 Å². The number of benzene rings is 1. The highest BCUT2D eigenvalue weighted by molar-refractivity contribution is 5.78. The van der Waals surface area contributed by atoms with Crippen molar-refractivity contribution in [3.05, 3.63) is 48.3 Å². The molecule has 1 atom stereocenters. The molecule has 1 aliphatic rings. The van der Waals surface area contributed by atoms with Crippen LogP contribution in [0, 0.1) is 0 Å². The SMILES string of the molecule is CC(NC(=O)Cc1ccc(-n2cnnn2)cc1)c1nncn1C1CCCC1. The first-order chi connectivity index (χ1) is 13.2. The third-order valence-electron chi connectivity index (χ3n) is 5.00. The van der Waals surface area contributed by atoms with E-state index in [0.29, 0.717) is 12.5 Å². The zero-order chi connectivity index (χ0) is 18.6. The molecule has 3 aromatic rings. The lowest BCUT2D eigenvalue weighted by Crippen LogP contribution is -2.30. The summed E-state index contributed by atoms with van der Waals surface area (Å²) in [6.45, 7) is 1.95. The van der Waals surface area contributed by atoms with Crippen molar-refractivity contribution in [2.45, 2.75) is 51.1 Å². The predicted octanol–water partition coefficient (Wildman–Crippen LogP) is 1.79. The molecule has 27 heavy (non-hydrogen) atoms. The van der Waals surface area contributed by atoms with Crippen molar-refractivity contribution in [1.82, 2.24) is 40.3 Å². The van der Waals surface area contributed by atoms with Gasteiger partial charge in [-0.05, 0) is 47.9 Å². The minimum absolute atomic E-state index is 0.0429. The van der Waals surface area contributed by atoms with Crippen LogP contribution in [-0.4, -0.2) is 40.9 Å². The molecule has 1 unspecified atom stereocenters. The fourth-order valence-electron chi connectivity index (χ4n) is 3.61. The maximum absolute atomic E-state index is 12.5. The molecule has 1 amide bonds. The summed E-state index contributed by atoms with van der Waals surface area (Å²) < 4.78 is 3.70. The minimum Gasteiger partial charge on any atom is -0.346 e. The Morgan fingerprint density at radius 3 is 2.67 bits per heavy atom. The molecule has 1 saturated carbocycles. The molecule has 1 aliphatic carbocycles. The van der Waals surface area contributed by atoms with Gasteiger partial charge in [-0.3, -0.25) is 4.79 Å². The lowest BCUT2D eigenvalue weighted by molar-refractivity contribution is -0.121. The van der Waals surface area contributed by atoms with Gasteiger partial charge in [0.15, 0.2) is 5.82 Å². The van der Waals surface area contributed by atoms with Crippen LogP contribution in [0.1, 0.15) is 56.1 Å². The van der Waals surface area contributed by atoms with Gasteiger partial charge in [0.05, 0.1) is 18.2 Å². The lowest BCUT2D eigenvalue weighted by Gasteiger charge is -2.18. The Kier molecular flexibility index (Phi) is 4.91. The number of carbonyl (C=O) groups is 1. The predicted molar refractivity (Wildman–Crippen MR) is 96.9 cm³/mol. The second kappa shape index (κ2) is 7.65. The maximum atomic E-state index is 12.5. The molecule has 0 aliphatic heterocycles. The van der Waals surface area contributed by atoms with Gasteiger partial charge in [0.25, 0.3) is 0 Å². The van der Waals surface area contributed by atoms with Crippen LogP contribution in [0.3, 0.4) is 0 Å². The molecule has 9 heteroatoms. The third kappa shape index (κ3) is 3.86. The fourth-order valence-corrected chi connectivity index (χ4v) is 3.61. The number of carbonyl (C=O) groups excluding carboxylic acids is 1. The Morgan fingerprint density at radius 1 is 1.19 bits per heavy atom. The summed E-state index contributed by atoms with van der Waals surface area (Å²) in [7, 11) is 0. The van der Waals surface area contributed by atoms with Crippen molar-refractivity contribution >= 4 is 5.91 Å². The zero-order valence-electron chi connectivity index (χ0n) is 15.2. The first-order valence-electron chi connectivity index (χ1n) is 9.22. The van der Waals surface area contributed by atoms with Gasteiger partial charge < -0.3 is 9.88 Å². The number of hydrogen-bond donors (Lipinski definition) is 1. The third-order valence-corrected chi connectivity index (χ3v) is 5.00. The van der Waals surface area contributed by atoms with E-state index in [1.807, 2.05) is 31.2 Å². The Hall–Kier alpha value is -3.10. The Labute approximate surface area is 156 Å². The summed E-state index contributed by atoms with van der Waals surface area (Å²) in [6, 6.07) is 7.86. The number of nitrogens with one attached hydrogen (secondary N) is 1. The number of hydrogen-bond acceptors (Lipinski definition) is 6. The molecule has 4 rings (SSSR count). The second-order valence-corrected chi connectivity index (χ2v) is 6.92. The van der Waals surface area contributed by atoms with Gasteiger partial charge in [-0.1, -0.05) is 25.0 Å². The number of aromatic nitrogens is 7. The fraction of sp³-hybridized carbons (Fsp3) is 0.444. The Morgan fingerprint density at radius 2 is 1.96 bits per heavy atom. The van der Waals surface area contributed by atoms with Crippen molar-refractivity contribution in [1.29, 1.82) is 0 Å². The van der Waals surface area contributed by atoms with Crippen molar-refractivity contribution < 1.29 is 4.79 Å². The van der Waals surface area contributed by atoms with Crippen molar-refractivity contribution in [2.75, 3.05) is 0 Å². The second-order valence-electron chi connectivity index (χ2n) is 6.92. The van der Waals surface area contributed by atoms with Crippen LogP contribution in [0.25, 0.3) is 5.69 Å². The number of nitrogens with zero attached hydrogens (tertiary/aromatic N) is 7. The van der Waals surface area contributed by atoms with Gasteiger partial charge in [0.1, 0.15) is 12.7 Å². The summed E-state index contributed by atoms with van der Waals surface area (Å²) in [5.41, 5.74) is 1.77. The van der Waals surface area contributed by atoms with Crippen LogP contribution >= 0.6 is 0 Å². The molecule has 0 radical (unpaired) electrons. The van der Waals surface area contributed by atoms with E-state index >= 15 is 0 Å². The highest BCUT2D eigenvalue weighted by Gasteiger charge is 2.23. The van der Waals surface area contributed by atoms with E-state index in [1.54, 1.807) is 11.0 Å². The van der Waals surface area contributed by atoms with E-state index < -0.39 is 0 Å². The molecule has 0 bridgehead atoms. The summed E-state index contributed by atoms with van der Waals surface area (Å²) in [4.78, 5) is 12.5. The molecule has 2 aromatic heterocycles. The quantitative estimate of drug-likeness (QED) is 0.713. The average Bonchev–Trinajstić information content (AvgIpc) is 3.43. The lowest BCUT2D eigenvalue weighted by atomic mass is 10.1. The van der Waals surface area contributed by atoms with Crippen molar-refractivity contribution in [2.24, 2.45) is 0 Å². The van der Waals surface area contributed by atoms with E-state index in [9.17, 15) is 4.79 Å². The zero-order valence-corrected chi connectivity index (χ0v) is 15.2. The molecule has 0 spiro atoms.